The summed E-state index contributed by atoms with van der Waals surface area (Å²) in [4.78, 5) is 17.2. The Morgan fingerprint density at radius 2 is 2.00 bits per heavy atom. The minimum Gasteiger partial charge on any atom is -0.349 e. The molecule has 0 saturated heterocycles. The molecule has 0 radical (unpaired) electrons. The monoisotopic (exact) mass is 373 g/mol. The van der Waals surface area contributed by atoms with Gasteiger partial charge in [0, 0.05) is 36.4 Å². The highest BCUT2D eigenvalue weighted by Gasteiger charge is 2.24. The lowest BCUT2D eigenvalue weighted by Gasteiger charge is -2.25. The average Bonchev–Trinajstić information content (AvgIpc) is 2.97. The van der Waals surface area contributed by atoms with Gasteiger partial charge in [-0.1, -0.05) is 29.8 Å². The van der Waals surface area contributed by atoms with Crippen LogP contribution in [0.1, 0.15) is 24.1 Å². The van der Waals surface area contributed by atoms with Gasteiger partial charge in [0.2, 0.25) is 5.91 Å². The van der Waals surface area contributed by atoms with Gasteiger partial charge in [-0.05, 0) is 63.2 Å². The smallest absolute Gasteiger partial charge is 0.223 e. The van der Waals surface area contributed by atoms with E-state index in [0.29, 0.717) is 25.3 Å². The maximum absolute atomic E-state index is 12.9. The molecule has 1 amide bonds. The van der Waals surface area contributed by atoms with Gasteiger partial charge in [-0.2, -0.15) is 0 Å². The first-order chi connectivity index (χ1) is 12.5. The Kier molecular flexibility index (Phi) is 6.38. The summed E-state index contributed by atoms with van der Waals surface area (Å²) in [6.07, 6.45) is 4.43. The second-order valence-electron chi connectivity index (χ2n) is 7.48. The molecule has 0 bridgehead atoms. The summed E-state index contributed by atoms with van der Waals surface area (Å²) in [6, 6.07) is 12.0. The van der Waals surface area contributed by atoms with Crippen molar-refractivity contribution < 1.29 is 4.79 Å². The highest BCUT2D eigenvalue weighted by molar-refractivity contribution is 6.31. The van der Waals surface area contributed by atoms with Crippen LogP contribution in [-0.4, -0.2) is 47.5 Å². The van der Waals surface area contributed by atoms with Crippen LogP contribution in [0.2, 0.25) is 5.02 Å². The number of hydrogen-bond acceptors (Lipinski definition) is 2. The third-order valence-corrected chi connectivity index (χ3v) is 5.48. The number of hydrogen-bond donors (Lipinski definition) is 0. The van der Waals surface area contributed by atoms with E-state index in [0.717, 1.165) is 36.6 Å². The van der Waals surface area contributed by atoms with Crippen LogP contribution in [0.25, 0.3) is 0 Å². The van der Waals surface area contributed by atoms with Crippen molar-refractivity contribution in [2.75, 3.05) is 27.2 Å². The van der Waals surface area contributed by atoms with E-state index in [1.165, 1.54) is 5.69 Å². The highest BCUT2D eigenvalue weighted by Crippen LogP contribution is 2.22. The molecule has 1 aliphatic rings. The Labute approximate surface area is 161 Å². The van der Waals surface area contributed by atoms with Gasteiger partial charge in [0.1, 0.15) is 0 Å². The largest absolute Gasteiger partial charge is 0.349 e. The van der Waals surface area contributed by atoms with Crippen molar-refractivity contribution in [2.45, 2.75) is 32.4 Å². The van der Waals surface area contributed by atoms with E-state index < -0.39 is 0 Å². The first-order valence-corrected chi connectivity index (χ1v) is 9.70. The van der Waals surface area contributed by atoms with Crippen LogP contribution in [0.15, 0.2) is 42.6 Å². The third kappa shape index (κ3) is 4.89. The van der Waals surface area contributed by atoms with Crippen molar-refractivity contribution in [3.8, 4) is 0 Å². The molecule has 2 aromatic rings. The number of fused-ring (bicyclic) bond motifs is 1. The van der Waals surface area contributed by atoms with Gasteiger partial charge in [-0.3, -0.25) is 4.79 Å². The average molecular weight is 374 g/mol. The molecule has 4 nitrogen and oxygen atoms in total. The Morgan fingerprint density at radius 3 is 2.77 bits per heavy atom. The van der Waals surface area contributed by atoms with Gasteiger partial charge in [-0.15, -0.1) is 0 Å². The molecule has 3 rings (SSSR count). The summed E-state index contributed by atoms with van der Waals surface area (Å²) in [5.41, 5.74) is 2.27. The lowest BCUT2D eigenvalue weighted by Crippen LogP contribution is -2.35. The second kappa shape index (κ2) is 8.74. The Balaban J connectivity index is 1.66. The van der Waals surface area contributed by atoms with Gasteiger partial charge in [0.15, 0.2) is 0 Å². The zero-order valence-electron chi connectivity index (χ0n) is 15.7. The van der Waals surface area contributed by atoms with Crippen LogP contribution < -0.4 is 0 Å². The predicted octanol–water partition coefficient (Wildman–Crippen LogP) is 3.68. The molecule has 0 saturated carbocycles. The molecule has 5 heteroatoms. The zero-order valence-corrected chi connectivity index (χ0v) is 16.5. The fraction of sp³-hybridized carbons (Fsp3) is 0.476. The van der Waals surface area contributed by atoms with Crippen LogP contribution >= 0.6 is 11.6 Å². The summed E-state index contributed by atoms with van der Waals surface area (Å²) in [6.45, 7) is 3.57. The van der Waals surface area contributed by atoms with Crippen molar-refractivity contribution in [3.05, 3.63) is 58.9 Å². The molecule has 0 N–H and O–H groups in total. The molecule has 1 aromatic carbocycles. The minimum atomic E-state index is 0.217. The summed E-state index contributed by atoms with van der Waals surface area (Å²) in [5, 5.41) is 0.744. The van der Waals surface area contributed by atoms with Gasteiger partial charge in [-0.25, -0.2) is 0 Å². The molecule has 1 aromatic heterocycles. The summed E-state index contributed by atoms with van der Waals surface area (Å²) in [7, 11) is 4.20. The zero-order chi connectivity index (χ0) is 18.5. The molecule has 0 aliphatic carbocycles. The summed E-state index contributed by atoms with van der Waals surface area (Å²) < 4.78 is 2.31. The van der Waals surface area contributed by atoms with E-state index in [1.54, 1.807) is 0 Å². The highest BCUT2D eigenvalue weighted by atomic mass is 35.5. The number of aromatic nitrogens is 1. The lowest BCUT2D eigenvalue weighted by atomic mass is 10.0. The van der Waals surface area contributed by atoms with Gasteiger partial charge < -0.3 is 14.4 Å². The maximum atomic E-state index is 12.9. The van der Waals surface area contributed by atoms with Crippen LogP contribution in [0, 0.1) is 5.92 Å². The number of aryl methyl sites for hydroxylation is 1. The quantitative estimate of drug-likeness (QED) is 0.772. The Hall–Kier alpha value is -1.78. The van der Waals surface area contributed by atoms with Gasteiger partial charge in [0.25, 0.3) is 0 Å². The fourth-order valence-electron chi connectivity index (χ4n) is 3.59. The number of carbonyl (C=O) groups excluding carboxylic acids is 1. The van der Waals surface area contributed by atoms with Crippen LogP contribution in [0.3, 0.4) is 0 Å². The number of rotatable bonds is 6. The molecule has 1 aliphatic heterocycles. The van der Waals surface area contributed by atoms with Crippen LogP contribution in [0.5, 0.6) is 0 Å². The molecular weight excluding hydrogens is 346 g/mol. The molecule has 140 valence electrons. The van der Waals surface area contributed by atoms with Crippen molar-refractivity contribution in [1.82, 2.24) is 14.4 Å². The van der Waals surface area contributed by atoms with Crippen molar-refractivity contribution in [3.63, 3.8) is 0 Å². The first-order valence-electron chi connectivity index (χ1n) is 9.33. The van der Waals surface area contributed by atoms with Crippen LogP contribution in [0.4, 0.5) is 0 Å². The van der Waals surface area contributed by atoms with E-state index in [1.807, 2.05) is 29.2 Å². The van der Waals surface area contributed by atoms with Gasteiger partial charge in [0.05, 0.1) is 6.54 Å². The molecule has 1 unspecified atom stereocenters. The summed E-state index contributed by atoms with van der Waals surface area (Å²) in [5.74, 6) is 0.699. The van der Waals surface area contributed by atoms with E-state index in [9.17, 15) is 4.79 Å². The molecule has 1 atom stereocenters. The van der Waals surface area contributed by atoms with E-state index in [-0.39, 0.29) is 5.91 Å². The SMILES string of the molecule is CN(C)CCC1CN(C(=O)CCc2ccccc2Cl)Cc2cccn2C1. The number of amides is 1. The molecule has 0 spiro atoms. The molecule has 2 heterocycles. The van der Waals surface area contributed by atoms with Crippen molar-refractivity contribution in [1.29, 1.82) is 0 Å². The Morgan fingerprint density at radius 1 is 1.19 bits per heavy atom. The van der Waals surface area contributed by atoms with Crippen molar-refractivity contribution in [2.24, 2.45) is 5.92 Å². The topological polar surface area (TPSA) is 28.5 Å². The lowest BCUT2D eigenvalue weighted by molar-refractivity contribution is -0.132. The maximum Gasteiger partial charge on any atom is 0.223 e. The first kappa shape index (κ1) is 19.0. The molecule has 26 heavy (non-hydrogen) atoms. The number of carbonyl (C=O) groups is 1. The summed E-state index contributed by atoms with van der Waals surface area (Å²) >= 11 is 6.23. The molecular formula is C21H28ClN3O. The standard InChI is InChI=1S/C21H28ClN3O/c1-23(2)13-11-17-14-24-12-5-7-19(24)16-25(15-17)21(26)10-9-18-6-3-4-8-20(18)22/h3-8,12,17H,9-11,13-16H2,1-2H3. The number of halogens is 1. The van der Waals surface area contributed by atoms with Crippen molar-refractivity contribution >= 4 is 17.5 Å². The van der Waals surface area contributed by atoms with E-state index in [4.69, 9.17) is 11.6 Å². The van der Waals surface area contributed by atoms with Crippen LogP contribution in [-0.2, 0) is 24.3 Å². The molecule has 0 fully saturated rings. The number of nitrogens with zero attached hydrogens (tertiary/aromatic N) is 3. The minimum absolute atomic E-state index is 0.217. The normalized spacial score (nSPS) is 17.2. The van der Waals surface area contributed by atoms with E-state index >= 15 is 0 Å². The van der Waals surface area contributed by atoms with Gasteiger partial charge >= 0.3 is 0 Å². The number of benzene rings is 1. The third-order valence-electron chi connectivity index (χ3n) is 5.11. The Bertz CT molecular complexity index is 740. The van der Waals surface area contributed by atoms with E-state index in [2.05, 4.69) is 41.9 Å². The second-order valence-corrected chi connectivity index (χ2v) is 7.88. The predicted molar refractivity (Wildman–Crippen MR) is 106 cm³/mol. The fourth-order valence-corrected chi connectivity index (χ4v) is 3.82.